The van der Waals surface area contributed by atoms with Gasteiger partial charge in [-0.25, -0.2) is 4.98 Å². The SMILES string of the molecule is CCC1Oc2cc(C(C)NCCc3scnc3C)ccc2NC1=O. The van der Waals surface area contributed by atoms with Gasteiger partial charge in [0.2, 0.25) is 0 Å². The van der Waals surface area contributed by atoms with Crippen LogP contribution in [0.1, 0.15) is 42.4 Å². The van der Waals surface area contributed by atoms with Crippen LogP contribution in [0.3, 0.4) is 0 Å². The summed E-state index contributed by atoms with van der Waals surface area (Å²) < 4.78 is 5.82. The van der Waals surface area contributed by atoms with E-state index in [1.807, 2.05) is 30.6 Å². The van der Waals surface area contributed by atoms with E-state index in [0.29, 0.717) is 6.42 Å². The van der Waals surface area contributed by atoms with Crippen molar-refractivity contribution >= 4 is 22.9 Å². The van der Waals surface area contributed by atoms with Crippen LogP contribution < -0.4 is 15.4 Å². The Kier molecular flexibility index (Phi) is 5.16. The van der Waals surface area contributed by atoms with E-state index in [2.05, 4.69) is 29.5 Å². The number of benzene rings is 1. The molecule has 1 aliphatic heterocycles. The van der Waals surface area contributed by atoms with Crippen molar-refractivity contribution in [1.82, 2.24) is 10.3 Å². The number of aromatic nitrogens is 1. The summed E-state index contributed by atoms with van der Waals surface area (Å²) in [7, 11) is 0. The van der Waals surface area contributed by atoms with E-state index >= 15 is 0 Å². The molecule has 1 aliphatic rings. The number of rotatable bonds is 6. The number of aryl methyl sites for hydroxylation is 1. The monoisotopic (exact) mass is 345 g/mol. The Hall–Kier alpha value is -1.92. The molecule has 2 N–H and O–H groups in total. The third-order valence-corrected chi connectivity index (χ3v) is 5.34. The van der Waals surface area contributed by atoms with Crippen LogP contribution in [0.15, 0.2) is 23.7 Å². The molecule has 1 amide bonds. The molecular weight excluding hydrogens is 322 g/mol. The number of fused-ring (bicyclic) bond motifs is 1. The molecule has 5 nitrogen and oxygen atoms in total. The second kappa shape index (κ2) is 7.32. The molecule has 6 heteroatoms. The van der Waals surface area contributed by atoms with Crippen molar-refractivity contribution in [2.75, 3.05) is 11.9 Å². The van der Waals surface area contributed by atoms with Crippen LogP contribution in [0.4, 0.5) is 5.69 Å². The second-order valence-corrected chi connectivity index (χ2v) is 6.99. The molecule has 0 saturated carbocycles. The molecular formula is C18H23N3O2S. The minimum absolute atomic E-state index is 0.0659. The van der Waals surface area contributed by atoms with Gasteiger partial charge in [0.05, 0.1) is 16.9 Å². The van der Waals surface area contributed by atoms with Gasteiger partial charge in [-0.3, -0.25) is 4.79 Å². The zero-order chi connectivity index (χ0) is 17.1. The first-order valence-electron chi connectivity index (χ1n) is 8.32. The minimum Gasteiger partial charge on any atom is -0.478 e. The molecule has 0 saturated heterocycles. The van der Waals surface area contributed by atoms with Crippen molar-refractivity contribution < 1.29 is 9.53 Å². The third kappa shape index (κ3) is 3.60. The summed E-state index contributed by atoms with van der Waals surface area (Å²) in [5.41, 5.74) is 4.92. The van der Waals surface area contributed by atoms with Crippen molar-refractivity contribution in [2.24, 2.45) is 0 Å². The van der Waals surface area contributed by atoms with Crippen molar-refractivity contribution in [2.45, 2.75) is 45.8 Å². The molecule has 0 radical (unpaired) electrons. The van der Waals surface area contributed by atoms with Gasteiger partial charge in [0, 0.05) is 17.5 Å². The molecule has 2 heterocycles. The fourth-order valence-electron chi connectivity index (χ4n) is 2.78. The van der Waals surface area contributed by atoms with Gasteiger partial charge >= 0.3 is 0 Å². The van der Waals surface area contributed by atoms with Crippen LogP contribution in [0, 0.1) is 6.92 Å². The summed E-state index contributed by atoms with van der Waals surface area (Å²) in [5.74, 6) is 0.690. The maximum Gasteiger partial charge on any atom is 0.265 e. The summed E-state index contributed by atoms with van der Waals surface area (Å²) in [4.78, 5) is 17.4. The number of nitrogens with zero attached hydrogens (tertiary/aromatic N) is 1. The zero-order valence-electron chi connectivity index (χ0n) is 14.3. The molecule has 2 aromatic rings. The van der Waals surface area contributed by atoms with Gasteiger partial charge in [-0.2, -0.15) is 0 Å². The fourth-order valence-corrected chi connectivity index (χ4v) is 3.57. The van der Waals surface area contributed by atoms with E-state index in [4.69, 9.17) is 4.74 Å². The first-order chi connectivity index (χ1) is 11.6. The first kappa shape index (κ1) is 16.9. The molecule has 3 rings (SSSR count). The second-order valence-electron chi connectivity index (χ2n) is 6.05. The van der Waals surface area contributed by atoms with Gasteiger partial charge in [-0.15, -0.1) is 11.3 Å². The predicted octanol–water partition coefficient (Wildman–Crippen LogP) is 3.45. The van der Waals surface area contributed by atoms with Crippen molar-refractivity contribution in [3.63, 3.8) is 0 Å². The molecule has 0 spiro atoms. The highest BCUT2D eigenvalue weighted by atomic mass is 32.1. The highest BCUT2D eigenvalue weighted by Gasteiger charge is 2.26. The van der Waals surface area contributed by atoms with E-state index in [1.165, 1.54) is 4.88 Å². The number of thiazole rings is 1. The molecule has 2 atom stereocenters. The quantitative estimate of drug-likeness (QED) is 0.842. The number of carbonyl (C=O) groups excluding carboxylic acids is 1. The van der Waals surface area contributed by atoms with Crippen LogP contribution in [-0.4, -0.2) is 23.5 Å². The van der Waals surface area contributed by atoms with Gasteiger partial charge in [0.1, 0.15) is 5.75 Å². The maximum atomic E-state index is 11.8. The Balaban J connectivity index is 1.62. The average molecular weight is 345 g/mol. The molecule has 0 aliphatic carbocycles. The molecule has 1 aromatic carbocycles. The Morgan fingerprint density at radius 2 is 2.29 bits per heavy atom. The van der Waals surface area contributed by atoms with Crippen LogP contribution in [0.2, 0.25) is 0 Å². The lowest BCUT2D eigenvalue weighted by molar-refractivity contribution is -0.123. The normalized spacial score (nSPS) is 17.8. The lowest BCUT2D eigenvalue weighted by atomic mass is 10.1. The van der Waals surface area contributed by atoms with Crippen molar-refractivity contribution in [1.29, 1.82) is 0 Å². The number of ether oxygens (including phenoxy) is 1. The third-order valence-electron chi connectivity index (χ3n) is 4.34. The topological polar surface area (TPSA) is 63.2 Å². The van der Waals surface area contributed by atoms with Gasteiger partial charge in [-0.1, -0.05) is 13.0 Å². The van der Waals surface area contributed by atoms with E-state index in [0.717, 1.165) is 35.7 Å². The largest absolute Gasteiger partial charge is 0.478 e. The van der Waals surface area contributed by atoms with Crippen LogP contribution in [-0.2, 0) is 11.2 Å². The number of amides is 1. The summed E-state index contributed by atoms with van der Waals surface area (Å²) in [6.07, 6.45) is 1.25. The molecule has 1 aromatic heterocycles. The maximum absolute atomic E-state index is 11.8. The van der Waals surface area contributed by atoms with Crippen molar-refractivity contribution in [3.05, 3.63) is 39.8 Å². The molecule has 128 valence electrons. The van der Waals surface area contributed by atoms with E-state index in [-0.39, 0.29) is 11.9 Å². The van der Waals surface area contributed by atoms with Gasteiger partial charge < -0.3 is 15.4 Å². The first-order valence-corrected chi connectivity index (χ1v) is 9.20. The van der Waals surface area contributed by atoms with E-state index in [1.54, 1.807) is 11.3 Å². The Labute approximate surface area is 146 Å². The van der Waals surface area contributed by atoms with Crippen LogP contribution >= 0.6 is 11.3 Å². The summed E-state index contributed by atoms with van der Waals surface area (Å²) in [6, 6.07) is 6.18. The lowest BCUT2D eigenvalue weighted by Gasteiger charge is -2.26. The number of carbonyl (C=O) groups is 1. The highest BCUT2D eigenvalue weighted by molar-refractivity contribution is 7.09. The lowest BCUT2D eigenvalue weighted by Crippen LogP contribution is -2.36. The van der Waals surface area contributed by atoms with Gasteiger partial charge in [0.25, 0.3) is 5.91 Å². The zero-order valence-corrected chi connectivity index (χ0v) is 15.1. The minimum atomic E-state index is -0.398. The smallest absolute Gasteiger partial charge is 0.265 e. The molecule has 2 unspecified atom stereocenters. The van der Waals surface area contributed by atoms with Gasteiger partial charge in [0.15, 0.2) is 6.10 Å². The predicted molar refractivity (Wildman–Crippen MR) is 96.8 cm³/mol. The van der Waals surface area contributed by atoms with E-state index in [9.17, 15) is 4.79 Å². The summed E-state index contributed by atoms with van der Waals surface area (Å²) in [5, 5.41) is 6.45. The standard InChI is InChI=1S/C18H23N3O2S/c1-4-15-18(22)21-14-6-5-13(9-16(14)23-15)11(2)19-8-7-17-12(3)20-10-24-17/h5-6,9-11,15,19H,4,7-8H2,1-3H3,(H,21,22). The molecule has 24 heavy (non-hydrogen) atoms. The Morgan fingerprint density at radius 1 is 1.46 bits per heavy atom. The summed E-state index contributed by atoms with van der Waals surface area (Å²) >= 11 is 1.71. The Morgan fingerprint density at radius 3 is 3.00 bits per heavy atom. The van der Waals surface area contributed by atoms with Crippen molar-refractivity contribution in [3.8, 4) is 5.75 Å². The van der Waals surface area contributed by atoms with Gasteiger partial charge in [-0.05, 0) is 44.4 Å². The Bertz CT molecular complexity index is 729. The number of hydrogen-bond acceptors (Lipinski definition) is 5. The number of nitrogens with one attached hydrogen (secondary N) is 2. The van der Waals surface area contributed by atoms with E-state index < -0.39 is 6.10 Å². The number of hydrogen-bond donors (Lipinski definition) is 2. The molecule has 0 fully saturated rings. The average Bonchev–Trinajstić information content (AvgIpc) is 2.99. The summed E-state index contributed by atoms with van der Waals surface area (Å²) in [6.45, 7) is 7.04. The highest BCUT2D eigenvalue weighted by Crippen LogP contribution is 2.33. The van der Waals surface area contributed by atoms with Crippen LogP contribution in [0.5, 0.6) is 5.75 Å². The number of anilines is 1. The van der Waals surface area contributed by atoms with Crippen LogP contribution in [0.25, 0.3) is 0 Å². The molecule has 0 bridgehead atoms. The fraction of sp³-hybridized carbons (Fsp3) is 0.444.